The Labute approximate surface area is 148 Å². The maximum absolute atomic E-state index is 12.3. The van der Waals surface area contributed by atoms with Gasteiger partial charge in [-0.05, 0) is 51.2 Å². The van der Waals surface area contributed by atoms with Crippen molar-refractivity contribution in [3.8, 4) is 0 Å². The summed E-state index contributed by atoms with van der Waals surface area (Å²) in [5.41, 5.74) is 2.45. The van der Waals surface area contributed by atoms with Gasteiger partial charge in [0.05, 0.1) is 11.5 Å². The highest BCUT2D eigenvalue weighted by Crippen LogP contribution is 2.31. The maximum atomic E-state index is 12.3. The second-order valence-corrected chi connectivity index (χ2v) is 8.21. The summed E-state index contributed by atoms with van der Waals surface area (Å²) < 4.78 is 0. The highest BCUT2D eigenvalue weighted by molar-refractivity contribution is 7.16. The molecule has 0 aromatic carbocycles. The van der Waals surface area contributed by atoms with Crippen LogP contribution in [0.5, 0.6) is 0 Å². The summed E-state index contributed by atoms with van der Waals surface area (Å²) >= 11 is 1.65. The van der Waals surface area contributed by atoms with Crippen LogP contribution in [0.2, 0.25) is 0 Å². The van der Waals surface area contributed by atoms with Crippen LogP contribution in [0.25, 0.3) is 0 Å². The molecular weight excluding hydrogens is 322 g/mol. The zero-order valence-corrected chi connectivity index (χ0v) is 15.7. The molecule has 0 radical (unpaired) electrons. The molecule has 6 heteroatoms. The topological polar surface area (TPSA) is 52.7 Å². The normalized spacial score (nSPS) is 20.0. The molecule has 24 heavy (non-hydrogen) atoms. The van der Waals surface area contributed by atoms with Crippen LogP contribution in [0, 0.1) is 20.8 Å². The molecule has 3 heterocycles. The highest BCUT2D eigenvalue weighted by Gasteiger charge is 2.31. The van der Waals surface area contributed by atoms with Crippen molar-refractivity contribution < 1.29 is 9.59 Å². The van der Waals surface area contributed by atoms with Gasteiger partial charge in [0.25, 0.3) is 0 Å². The summed E-state index contributed by atoms with van der Waals surface area (Å²) in [6, 6.07) is 0.379. The molecule has 0 saturated carbocycles. The average molecular weight is 350 g/mol. The number of thiophene rings is 1. The molecule has 2 amide bonds. The molecule has 2 fully saturated rings. The summed E-state index contributed by atoms with van der Waals surface area (Å²) in [4.78, 5) is 29.7. The van der Waals surface area contributed by atoms with Gasteiger partial charge in [-0.25, -0.2) is 0 Å². The minimum Gasteiger partial charge on any atom is -0.340 e. The Morgan fingerprint density at radius 2 is 1.88 bits per heavy atom. The van der Waals surface area contributed by atoms with Gasteiger partial charge in [0.2, 0.25) is 11.8 Å². The Hall–Kier alpha value is -1.40. The minimum absolute atomic E-state index is 0.0649. The SMILES string of the molecule is Cc1sc(NC(=O)CN2CCC(N3CCCC3=O)CC2)c(C)c1C. The number of amides is 2. The zero-order chi connectivity index (χ0) is 17.3. The van der Waals surface area contributed by atoms with Crippen LogP contribution < -0.4 is 5.32 Å². The largest absolute Gasteiger partial charge is 0.340 e. The van der Waals surface area contributed by atoms with Crippen LogP contribution in [0.4, 0.5) is 5.00 Å². The predicted octanol–water partition coefficient (Wildman–Crippen LogP) is 2.70. The van der Waals surface area contributed by atoms with Crippen LogP contribution in [0.15, 0.2) is 0 Å². The van der Waals surface area contributed by atoms with E-state index in [0.29, 0.717) is 24.9 Å². The lowest BCUT2D eigenvalue weighted by Crippen LogP contribution is -2.47. The Morgan fingerprint density at radius 1 is 1.17 bits per heavy atom. The van der Waals surface area contributed by atoms with E-state index in [1.54, 1.807) is 11.3 Å². The first-order valence-electron chi connectivity index (χ1n) is 8.84. The summed E-state index contributed by atoms with van der Waals surface area (Å²) in [6.07, 6.45) is 3.67. The van der Waals surface area contributed by atoms with Crippen molar-refractivity contribution in [2.75, 3.05) is 31.5 Å². The molecule has 0 atom stereocenters. The van der Waals surface area contributed by atoms with Crippen molar-refractivity contribution in [2.24, 2.45) is 0 Å². The van der Waals surface area contributed by atoms with E-state index in [2.05, 4.69) is 35.9 Å². The lowest BCUT2D eigenvalue weighted by Gasteiger charge is -2.36. The number of nitrogens with zero attached hydrogens (tertiary/aromatic N) is 2. The van der Waals surface area contributed by atoms with Gasteiger partial charge in [-0.15, -0.1) is 11.3 Å². The summed E-state index contributed by atoms with van der Waals surface area (Å²) in [7, 11) is 0. The number of hydrogen-bond acceptors (Lipinski definition) is 4. The fraction of sp³-hybridized carbons (Fsp3) is 0.667. The van der Waals surface area contributed by atoms with E-state index in [1.165, 1.54) is 16.0 Å². The third-order valence-corrected chi connectivity index (χ3v) is 6.64. The number of anilines is 1. The maximum Gasteiger partial charge on any atom is 0.239 e. The van der Waals surface area contributed by atoms with Gasteiger partial charge in [-0.3, -0.25) is 14.5 Å². The Morgan fingerprint density at radius 3 is 2.42 bits per heavy atom. The number of carbonyl (C=O) groups excluding carboxylic acids is 2. The van der Waals surface area contributed by atoms with E-state index in [1.807, 2.05) is 0 Å². The molecule has 5 nitrogen and oxygen atoms in total. The highest BCUT2D eigenvalue weighted by atomic mass is 32.1. The van der Waals surface area contributed by atoms with E-state index in [0.717, 1.165) is 43.9 Å². The Kier molecular flexibility index (Phi) is 5.25. The molecule has 1 aromatic rings. The van der Waals surface area contributed by atoms with Crippen molar-refractivity contribution in [1.29, 1.82) is 0 Å². The average Bonchev–Trinajstić information content (AvgIpc) is 3.08. The summed E-state index contributed by atoms with van der Waals surface area (Å²) in [6.45, 7) is 9.39. The van der Waals surface area contributed by atoms with Gasteiger partial charge in [0.1, 0.15) is 0 Å². The van der Waals surface area contributed by atoms with Crippen molar-refractivity contribution in [3.05, 3.63) is 16.0 Å². The minimum atomic E-state index is 0.0649. The monoisotopic (exact) mass is 349 g/mol. The number of carbonyl (C=O) groups is 2. The summed E-state index contributed by atoms with van der Waals surface area (Å²) in [5, 5.41) is 4.05. The fourth-order valence-corrected chi connectivity index (χ4v) is 4.76. The number of nitrogens with one attached hydrogen (secondary N) is 1. The molecule has 0 unspecified atom stereocenters. The zero-order valence-electron chi connectivity index (χ0n) is 14.9. The second-order valence-electron chi connectivity index (χ2n) is 6.98. The molecular formula is C18H27N3O2S. The molecule has 2 saturated heterocycles. The van der Waals surface area contributed by atoms with E-state index >= 15 is 0 Å². The van der Waals surface area contributed by atoms with Crippen molar-refractivity contribution in [3.63, 3.8) is 0 Å². The lowest BCUT2D eigenvalue weighted by atomic mass is 10.0. The fourth-order valence-electron chi connectivity index (χ4n) is 3.67. The lowest BCUT2D eigenvalue weighted by molar-refractivity contribution is -0.130. The molecule has 0 spiro atoms. The Bertz CT molecular complexity index is 632. The van der Waals surface area contributed by atoms with Crippen molar-refractivity contribution in [2.45, 2.75) is 52.5 Å². The molecule has 0 aliphatic carbocycles. The molecule has 0 bridgehead atoms. The van der Waals surface area contributed by atoms with Gasteiger partial charge in [-0.1, -0.05) is 0 Å². The number of likely N-dealkylation sites (tertiary alicyclic amines) is 2. The number of rotatable bonds is 4. The van der Waals surface area contributed by atoms with Crippen LogP contribution >= 0.6 is 11.3 Å². The molecule has 3 rings (SSSR count). The number of piperidine rings is 1. The standard InChI is InChI=1S/C18H27N3O2S/c1-12-13(2)18(24-14(12)3)19-16(22)11-20-9-6-15(7-10-20)21-8-4-5-17(21)23/h15H,4-11H2,1-3H3,(H,19,22). The van der Waals surface area contributed by atoms with Crippen LogP contribution in [0.3, 0.4) is 0 Å². The second kappa shape index (κ2) is 7.23. The van der Waals surface area contributed by atoms with E-state index in [9.17, 15) is 9.59 Å². The van der Waals surface area contributed by atoms with Gasteiger partial charge < -0.3 is 10.2 Å². The predicted molar refractivity (Wildman–Crippen MR) is 97.6 cm³/mol. The van der Waals surface area contributed by atoms with Gasteiger partial charge in [0.15, 0.2) is 0 Å². The van der Waals surface area contributed by atoms with E-state index < -0.39 is 0 Å². The van der Waals surface area contributed by atoms with Crippen LogP contribution in [-0.2, 0) is 9.59 Å². The van der Waals surface area contributed by atoms with E-state index in [-0.39, 0.29) is 5.91 Å². The van der Waals surface area contributed by atoms with Crippen LogP contribution in [0.1, 0.15) is 41.7 Å². The van der Waals surface area contributed by atoms with Crippen molar-refractivity contribution >= 4 is 28.2 Å². The summed E-state index contributed by atoms with van der Waals surface area (Å²) in [5.74, 6) is 0.375. The third-order valence-electron chi connectivity index (χ3n) is 5.41. The molecule has 132 valence electrons. The first-order valence-corrected chi connectivity index (χ1v) is 9.65. The quantitative estimate of drug-likeness (QED) is 0.909. The molecule has 2 aliphatic rings. The number of aryl methyl sites for hydroxylation is 1. The van der Waals surface area contributed by atoms with Crippen LogP contribution in [-0.4, -0.2) is 53.8 Å². The molecule has 2 aliphatic heterocycles. The van der Waals surface area contributed by atoms with Gasteiger partial charge in [-0.2, -0.15) is 0 Å². The van der Waals surface area contributed by atoms with Gasteiger partial charge in [0, 0.05) is 37.0 Å². The number of hydrogen-bond donors (Lipinski definition) is 1. The van der Waals surface area contributed by atoms with Crippen molar-refractivity contribution in [1.82, 2.24) is 9.80 Å². The third kappa shape index (κ3) is 3.64. The molecule has 1 N–H and O–H groups in total. The smallest absolute Gasteiger partial charge is 0.239 e. The van der Waals surface area contributed by atoms with E-state index in [4.69, 9.17) is 0 Å². The van der Waals surface area contributed by atoms with Gasteiger partial charge >= 0.3 is 0 Å². The molecule has 1 aromatic heterocycles. The first kappa shape index (κ1) is 17.4. The first-order chi connectivity index (χ1) is 11.5. The Balaban J connectivity index is 1.48.